The third-order valence-corrected chi connectivity index (χ3v) is 12.4. The van der Waals surface area contributed by atoms with E-state index in [1.54, 1.807) is 19.2 Å². The van der Waals surface area contributed by atoms with Crippen LogP contribution in [0.5, 0.6) is 0 Å². The Balaban J connectivity index is 0.00000190. The highest BCUT2D eigenvalue weighted by molar-refractivity contribution is 7.09. The third kappa shape index (κ3) is 22.5. The van der Waals surface area contributed by atoms with Crippen LogP contribution in [0.3, 0.4) is 0 Å². The number of carbonyl (C=O) groups excluding carboxylic acids is 2. The van der Waals surface area contributed by atoms with Gasteiger partial charge in [0, 0.05) is 62.8 Å². The molecule has 1 saturated heterocycles. The summed E-state index contributed by atoms with van der Waals surface area (Å²) in [7, 11) is 3.19. The molecule has 4 unspecified atom stereocenters. The average molecular weight is 890 g/mol. The number of carboxylic acid groups (broad SMARTS) is 1. The van der Waals surface area contributed by atoms with Gasteiger partial charge in [-0.15, -0.1) is 11.3 Å². The van der Waals surface area contributed by atoms with Gasteiger partial charge in [0.15, 0.2) is 0 Å². The minimum atomic E-state index is -1.05. The molecular weight excluding hydrogens is 803 g/mol. The predicted octanol–water partition coefficient (Wildman–Crippen LogP) is 10.0. The second kappa shape index (κ2) is 32.5. The number of nitrogens with zero attached hydrogens (tertiary/aromatic N) is 3. The van der Waals surface area contributed by atoms with Crippen molar-refractivity contribution in [2.45, 2.75) is 176 Å². The highest BCUT2D eigenvalue weighted by atomic mass is 32.1. The van der Waals surface area contributed by atoms with E-state index in [0.29, 0.717) is 44.0 Å². The van der Waals surface area contributed by atoms with Gasteiger partial charge < -0.3 is 40.1 Å². The number of unbranched alkanes of at least 4 members (excludes halogenated alkanes) is 4. The van der Waals surface area contributed by atoms with Gasteiger partial charge in [0.1, 0.15) is 16.8 Å². The number of amides is 2. The number of likely N-dealkylation sites (tertiary alicyclic amines) is 1. The van der Waals surface area contributed by atoms with E-state index >= 15 is 0 Å². The van der Waals surface area contributed by atoms with E-state index in [-0.39, 0.29) is 48.1 Å². The lowest BCUT2D eigenvalue weighted by atomic mass is 9.84. The van der Waals surface area contributed by atoms with Crippen molar-refractivity contribution in [3.63, 3.8) is 0 Å². The monoisotopic (exact) mass is 890 g/mol. The lowest BCUT2D eigenvalue weighted by molar-refractivity contribution is -0.147. The quantitative estimate of drug-likeness (QED) is 0.0608. The Morgan fingerprint density at radius 3 is 2.15 bits per heavy atom. The number of thiazole rings is 1. The number of aromatic nitrogens is 1. The number of ether oxygens (including phenoxy) is 2. The van der Waals surface area contributed by atoms with Crippen molar-refractivity contribution in [2.75, 3.05) is 58.9 Å². The summed E-state index contributed by atoms with van der Waals surface area (Å²) in [6, 6.07) is 7.53. The van der Waals surface area contributed by atoms with Gasteiger partial charge in [-0.2, -0.15) is 0 Å². The molecule has 1 aromatic heterocycles. The maximum atomic E-state index is 13.7. The molecule has 2 amide bonds. The van der Waals surface area contributed by atoms with Gasteiger partial charge in [-0.3, -0.25) is 14.4 Å². The number of rotatable bonds is 28. The van der Waals surface area contributed by atoms with Gasteiger partial charge in [0.2, 0.25) is 5.91 Å². The first kappa shape index (κ1) is 56.9. The van der Waals surface area contributed by atoms with Crippen LogP contribution in [0.4, 0.5) is 5.69 Å². The van der Waals surface area contributed by atoms with Crippen molar-refractivity contribution in [3.8, 4) is 0 Å². The fraction of sp³-hybridized carbons (Fsp3) is 0.755. The summed E-state index contributed by atoms with van der Waals surface area (Å²) < 4.78 is 12.0. The van der Waals surface area contributed by atoms with Crippen molar-refractivity contribution >= 4 is 34.8 Å². The van der Waals surface area contributed by atoms with Crippen LogP contribution in [0.1, 0.15) is 173 Å². The number of aliphatic hydroxyl groups excluding tert-OH is 1. The summed E-state index contributed by atoms with van der Waals surface area (Å²) in [5.74, 6) is -0.853. The van der Waals surface area contributed by atoms with Crippen molar-refractivity contribution in [1.82, 2.24) is 20.1 Å². The largest absolute Gasteiger partial charge is 0.481 e. The number of carboxylic acids is 1. The van der Waals surface area contributed by atoms with Crippen LogP contribution in [0.2, 0.25) is 0 Å². The van der Waals surface area contributed by atoms with Crippen LogP contribution in [0.25, 0.3) is 0 Å². The molecule has 0 bridgehead atoms. The normalized spacial score (nSPS) is 15.0. The molecule has 0 spiro atoms. The molecule has 4 N–H and O–H groups in total. The summed E-state index contributed by atoms with van der Waals surface area (Å²) in [6.45, 7) is 23.3. The van der Waals surface area contributed by atoms with Crippen LogP contribution in [0, 0.1) is 11.3 Å². The molecular formula is C49H87N5O7S. The minimum Gasteiger partial charge on any atom is -0.481 e. The van der Waals surface area contributed by atoms with E-state index in [1.165, 1.54) is 43.7 Å². The fourth-order valence-electron chi connectivity index (χ4n) is 7.42. The SMILES string of the molecule is CCCCCCN(C(=O)CCCC)C(CC(OCC)c1nc(C(=O)NC(Cc2ccc(NCCOC(C)CC)cc2)CC(C)(C)C(=O)O)cs1)C(C)C.CN1CCCCC1.CO. The Labute approximate surface area is 380 Å². The standard InChI is InChI=1S/C42H70N4O6S.C6H13N.CH4O/c1-10-14-16-17-24-46(38(47)18-15-11-2)36(30(5)6)27-37(51-13-4)40-45-35(29-53-40)39(48)44-34(28-42(8,9)41(49)50)26-32-19-21-33(22-20-32)43-23-25-52-31(7)12-3;1-7-5-3-2-4-6-7;1-2/h19-22,29-31,34,36-37,43H,10-18,23-28H2,1-9H3,(H,44,48)(H,49,50);2-6H2,1H3;2H,1H3. The van der Waals surface area contributed by atoms with Crippen molar-refractivity contribution < 1.29 is 34.1 Å². The van der Waals surface area contributed by atoms with E-state index in [9.17, 15) is 19.5 Å². The second-order valence-electron chi connectivity index (χ2n) is 17.7. The minimum absolute atomic E-state index is 0.0268. The summed E-state index contributed by atoms with van der Waals surface area (Å²) in [4.78, 5) is 48.6. The Morgan fingerprint density at radius 1 is 0.935 bits per heavy atom. The highest BCUT2D eigenvalue weighted by Gasteiger charge is 2.33. The Hall–Kier alpha value is -3.10. The van der Waals surface area contributed by atoms with Crippen molar-refractivity contribution in [3.05, 3.63) is 45.9 Å². The number of hydrogen-bond acceptors (Lipinski definition) is 10. The molecule has 0 saturated carbocycles. The lowest BCUT2D eigenvalue weighted by Gasteiger charge is -2.36. The van der Waals surface area contributed by atoms with Crippen molar-refractivity contribution in [1.29, 1.82) is 0 Å². The smallest absolute Gasteiger partial charge is 0.309 e. The third-order valence-electron chi connectivity index (χ3n) is 11.4. The van der Waals surface area contributed by atoms with E-state index in [4.69, 9.17) is 19.6 Å². The first-order chi connectivity index (χ1) is 29.6. The van der Waals surface area contributed by atoms with Crippen molar-refractivity contribution in [2.24, 2.45) is 11.3 Å². The molecule has 356 valence electrons. The molecule has 0 radical (unpaired) electrons. The molecule has 4 atom stereocenters. The molecule has 12 nitrogen and oxygen atoms in total. The molecule has 3 rings (SSSR count). The number of nitrogens with one attached hydrogen (secondary N) is 2. The van der Waals surface area contributed by atoms with Crippen LogP contribution < -0.4 is 10.6 Å². The number of anilines is 1. The maximum absolute atomic E-state index is 13.7. The molecule has 1 fully saturated rings. The molecule has 2 heterocycles. The number of carbonyl (C=O) groups is 3. The summed E-state index contributed by atoms with van der Waals surface area (Å²) in [5.41, 5.74) is 1.19. The summed E-state index contributed by atoms with van der Waals surface area (Å²) in [6.07, 6.45) is 13.2. The molecule has 0 aliphatic carbocycles. The van der Waals surface area contributed by atoms with E-state index in [0.717, 1.165) is 69.9 Å². The summed E-state index contributed by atoms with van der Waals surface area (Å²) in [5, 5.41) is 25.9. The first-order valence-corrected chi connectivity index (χ1v) is 24.5. The second-order valence-corrected chi connectivity index (χ2v) is 18.5. The number of aliphatic carboxylic acids is 1. The highest BCUT2D eigenvalue weighted by Crippen LogP contribution is 2.32. The van der Waals surface area contributed by atoms with Gasteiger partial charge in [-0.25, -0.2) is 4.98 Å². The Morgan fingerprint density at radius 2 is 1.60 bits per heavy atom. The van der Waals surface area contributed by atoms with E-state index < -0.39 is 17.4 Å². The zero-order chi connectivity index (χ0) is 46.5. The van der Waals surface area contributed by atoms with E-state index in [2.05, 4.69) is 69.0 Å². The van der Waals surface area contributed by atoms with Crippen LogP contribution in [-0.4, -0.2) is 115 Å². The number of aliphatic hydroxyl groups is 1. The Kier molecular flexibility index (Phi) is 29.9. The van der Waals surface area contributed by atoms with Gasteiger partial charge in [-0.05, 0) is 116 Å². The molecule has 2 aromatic rings. The molecule has 13 heteroatoms. The van der Waals surface area contributed by atoms with Gasteiger partial charge >= 0.3 is 5.97 Å². The van der Waals surface area contributed by atoms with Crippen LogP contribution in [0.15, 0.2) is 29.6 Å². The molecule has 1 aromatic carbocycles. The molecule has 1 aliphatic heterocycles. The van der Waals surface area contributed by atoms with Crippen LogP contribution in [-0.2, 0) is 25.5 Å². The topological polar surface area (TPSA) is 154 Å². The first-order valence-electron chi connectivity index (χ1n) is 23.6. The average Bonchev–Trinajstić information content (AvgIpc) is 3.75. The number of piperidine rings is 1. The fourth-order valence-corrected chi connectivity index (χ4v) is 8.28. The summed E-state index contributed by atoms with van der Waals surface area (Å²) >= 11 is 1.39. The van der Waals surface area contributed by atoms with E-state index in [1.807, 2.05) is 31.2 Å². The predicted molar refractivity (Wildman–Crippen MR) is 256 cm³/mol. The maximum Gasteiger partial charge on any atom is 0.309 e. The lowest BCUT2D eigenvalue weighted by Crippen LogP contribution is -2.45. The Bertz CT molecular complexity index is 1480. The van der Waals surface area contributed by atoms with Gasteiger partial charge in [0.05, 0.1) is 18.1 Å². The zero-order valence-corrected chi connectivity index (χ0v) is 41.4. The number of benzene rings is 1. The van der Waals surface area contributed by atoms with Gasteiger partial charge in [0.25, 0.3) is 5.91 Å². The van der Waals surface area contributed by atoms with Gasteiger partial charge in [-0.1, -0.05) is 78.9 Å². The molecule has 1 aliphatic rings. The molecule has 62 heavy (non-hydrogen) atoms. The zero-order valence-electron chi connectivity index (χ0n) is 40.6. The van der Waals surface area contributed by atoms with Crippen LogP contribution >= 0.6 is 11.3 Å². The number of hydrogen-bond donors (Lipinski definition) is 4.